The molecule has 1 aliphatic heterocycles. The maximum Gasteiger partial charge on any atom is 0.257 e. The fourth-order valence-electron chi connectivity index (χ4n) is 3.96. The van der Waals surface area contributed by atoms with Crippen LogP contribution in [-0.4, -0.2) is 39.5 Å². The second kappa shape index (κ2) is 8.61. The molecule has 0 spiro atoms. The molecule has 1 aliphatic rings. The number of piperidine rings is 1. The number of ketones is 1. The molecule has 0 unspecified atom stereocenters. The largest absolute Gasteiger partial charge is 0.338 e. The van der Waals surface area contributed by atoms with Gasteiger partial charge in [-0.25, -0.2) is 4.39 Å². The highest BCUT2D eigenvalue weighted by Gasteiger charge is 2.30. The SMILES string of the molecule is CCn1cc(C(=O)N2CCC[C@@H](C(=O)c3ccc(-c4ccccc4)c(F)c3)C2)cn1. The summed E-state index contributed by atoms with van der Waals surface area (Å²) >= 11 is 0. The molecule has 0 radical (unpaired) electrons. The molecule has 30 heavy (non-hydrogen) atoms. The maximum absolute atomic E-state index is 14.7. The van der Waals surface area contributed by atoms with Crippen molar-refractivity contribution < 1.29 is 14.0 Å². The molecule has 2 heterocycles. The number of aromatic nitrogens is 2. The third kappa shape index (κ3) is 4.03. The number of amides is 1. The third-order valence-corrected chi connectivity index (χ3v) is 5.62. The van der Waals surface area contributed by atoms with Crippen molar-refractivity contribution in [3.63, 3.8) is 0 Å². The summed E-state index contributed by atoms with van der Waals surface area (Å²) in [6, 6.07) is 13.9. The summed E-state index contributed by atoms with van der Waals surface area (Å²) < 4.78 is 16.4. The molecule has 5 nitrogen and oxygen atoms in total. The Morgan fingerprint density at radius 1 is 1.13 bits per heavy atom. The number of halogens is 1. The van der Waals surface area contributed by atoms with Crippen molar-refractivity contribution in [1.82, 2.24) is 14.7 Å². The van der Waals surface area contributed by atoms with Crippen molar-refractivity contribution in [2.75, 3.05) is 13.1 Å². The predicted octanol–water partition coefficient (Wildman–Crippen LogP) is 4.44. The van der Waals surface area contributed by atoms with E-state index >= 15 is 0 Å². The van der Waals surface area contributed by atoms with Gasteiger partial charge in [0.15, 0.2) is 5.78 Å². The molecule has 0 bridgehead atoms. The number of rotatable bonds is 5. The minimum atomic E-state index is -0.414. The van der Waals surface area contributed by atoms with E-state index in [2.05, 4.69) is 5.10 Å². The molecule has 1 fully saturated rings. The number of nitrogens with zero attached hydrogens (tertiary/aromatic N) is 3. The number of hydrogen-bond donors (Lipinski definition) is 0. The Bertz CT molecular complexity index is 1060. The van der Waals surface area contributed by atoms with Gasteiger partial charge in [0.25, 0.3) is 5.91 Å². The van der Waals surface area contributed by atoms with Gasteiger partial charge in [0.05, 0.1) is 11.8 Å². The zero-order valence-corrected chi connectivity index (χ0v) is 16.9. The van der Waals surface area contributed by atoms with Gasteiger partial charge >= 0.3 is 0 Å². The van der Waals surface area contributed by atoms with Gasteiger partial charge in [-0.3, -0.25) is 14.3 Å². The van der Waals surface area contributed by atoms with E-state index in [9.17, 15) is 14.0 Å². The normalized spacial score (nSPS) is 16.5. The first kappa shape index (κ1) is 20.0. The molecular weight excluding hydrogens is 381 g/mol. The number of aryl methyl sites for hydroxylation is 1. The molecule has 2 aromatic carbocycles. The molecule has 4 rings (SSSR count). The first-order chi connectivity index (χ1) is 14.6. The predicted molar refractivity (Wildman–Crippen MR) is 113 cm³/mol. The number of Topliss-reactive ketones (excluding diaryl/α,β-unsaturated/α-hetero) is 1. The second-order valence-electron chi connectivity index (χ2n) is 7.60. The Labute approximate surface area is 175 Å². The summed E-state index contributed by atoms with van der Waals surface area (Å²) in [4.78, 5) is 27.5. The number of carbonyl (C=O) groups is 2. The zero-order chi connectivity index (χ0) is 21.1. The van der Waals surface area contributed by atoms with Crippen molar-refractivity contribution in [1.29, 1.82) is 0 Å². The minimum Gasteiger partial charge on any atom is -0.338 e. The smallest absolute Gasteiger partial charge is 0.257 e. The van der Waals surface area contributed by atoms with Gasteiger partial charge in [0, 0.05) is 42.9 Å². The van der Waals surface area contributed by atoms with E-state index in [4.69, 9.17) is 0 Å². The molecular formula is C24H24FN3O2. The Morgan fingerprint density at radius 2 is 1.93 bits per heavy atom. The summed E-state index contributed by atoms with van der Waals surface area (Å²) in [5.41, 5.74) is 2.13. The Morgan fingerprint density at radius 3 is 2.63 bits per heavy atom. The van der Waals surface area contributed by atoms with Crippen LogP contribution in [0.1, 0.15) is 40.5 Å². The van der Waals surface area contributed by atoms with Gasteiger partial charge in [-0.2, -0.15) is 5.10 Å². The van der Waals surface area contributed by atoms with Gasteiger partial charge in [0.2, 0.25) is 0 Å². The van der Waals surface area contributed by atoms with Gasteiger partial charge in [0.1, 0.15) is 5.82 Å². The summed E-state index contributed by atoms with van der Waals surface area (Å²) in [5.74, 6) is -0.971. The molecule has 154 valence electrons. The van der Waals surface area contributed by atoms with Crippen molar-refractivity contribution in [3.8, 4) is 11.1 Å². The van der Waals surface area contributed by atoms with Crippen LogP contribution in [0.4, 0.5) is 4.39 Å². The van der Waals surface area contributed by atoms with Gasteiger partial charge < -0.3 is 4.90 Å². The maximum atomic E-state index is 14.7. The minimum absolute atomic E-state index is 0.113. The molecule has 1 aromatic heterocycles. The molecule has 0 N–H and O–H groups in total. The van der Waals surface area contributed by atoms with Crippen LogP contribution in [0.2, 0.25) is 0 Å². The molecule has 0 saturated carbocycles. The first-order valence-corrected chi connectivity index (χ1v) is 10.3. The van der Waals surface area contributed by atoms with E-state index in [1.165, 1.54) is 6.07 Å². The lowest BCUT2D eigenvalue weighted by molar-refractivity contribution is 0.0636. The van der Waals surface area contributed by atoms with Crippen LogP contribution < -0.4 is 0 Å². The Balaban J connectivity index is 1.49. The second-order valence-corrected chi connectivity index (χ2v) is 7.60. The number of hydrogen-bond acceptors (Lipinski definition) is 3. The van der Waals surface area contributed by atoms with Crippen LogP contribution in [0.15, 0.2) is 60.9 Å². The van der Waals surface area contributed by atoms with Crippen LogP contribution in [0.3, 0.4) is 0 Å². The van der Waals surface area contributed by atoms with Gasteiger partial charge in [-0.1, -0.05) is 42.5 Å². The van der Waals surface area contributed by atoms with E-state index in [0.717, 1.165) is 12.0 Å². The monoisotopic (exact) mass is 405 g/mol. The topological polar surface area (TPSA) is 55.2 Å². The van der Waals surface area contributed by atoms with E-state index in [0.29, 0.717) is 42.7 Å². The van der Waals surface area contributed by atoms with E-state index in [1.54, 1.807) is 34.1 Å². The summed E-state index contributed by atoms with van der Waals surface area (Å²) in [7, 11) is 0. The lowest BCUT2D eigenvalue weighted by Gasteiger charge is -2.31. The lowest BCUT2D eigenvalue weighted by Crippen LogP contribution is -2.42. The molecule has 3 aromatic rings. The van der Waals surface area contributed by atoms with Crippen molar-refractivity contribution in [2.24, 2.45) is 5.92 Å². The Hall–Kier alpha value is -3.28. The number of carbonyl (C=O) groups excluding carboxylic acids is 2. The van der Waals surface area contributed by atoms with Crippen molar-refractivity contribution >= 4 is 11.7 Å². The summed E-state index contributed by atoms with van der Waals surface area (Å²) in [6.07, 6.45) is 4.73. The van der Waals surface area contributed by atoms with Crippen LogP contribution in [-0.2, 0) is 6.54 Å². The number of benzene rings is 2. The van der Waals surface area contributed by atoms with E-state index in [1.807, 2.05) is 37.3 Å². The number of likely N-dealkylation sites (tertiary alicyclic amines) is 1. The highest BCUT2D eigenvalue weighted by atomic mass is 19.1. The fraction of sp³-hybridized carbons (Fsp3) is 0.292. The van der Waals surface area contributed by atoms with Crippen LogP contribution in [0, 0.1) is 11.7 Å². The van der Waals surface area contributed by atoms with Crippen LogP contribution in [0.25, 0.3) is 11.1 Å². The van der Waals surface area contributed by atoms with Crippen molar-refractivity contribution in [3.05, 3.63) is 77.9 Å². The average molecular weight is 405 g/mol. The molecule has 1 saturated heterocycles. The van der Waals surface area contributed by atoms with Crippen LogP contribution in [0.5, 0.6) is 0 Å². The summed E-state index contributed by atoms with van der Waals surface area (Å²) in [5, 5.41) is 4.16. The van der Waals surface area contributed by atoms with Gasteiger partial charge in [-0.15, -0.1) is 0 Å². The molecule has 1 amide bonds. The summed E-state index contributed by atoms with van der Waals surface area (Å²) in [6.45, 7) is 3.61. The molecule has 6 heteroatoms. The van der Waals surface area contributed by atoms with E-state index < -0.39 is 5.82 Å². The first-order valence-electron chi connectivity index (χ1n) is 10.3. The highest BCUT2D eigenvalue weighted by molar-refractivity contribution is 5.99. The Kier molecular flexibility index (Phi) is 5.74. The fourth-order valence-corrected chi connectivity index (χ4v) is 3.96. The van der Waals surface area contributed by atoms with Crippen molar-refractivity contribution in [2.45, 2.75) is 26.3 Å². The quantitative estimate of drug-likeness (QED) is 0.590. The average Bonchev–Trinajstić information content (AvgIpc) is 3.28. The third-order valence-electron chi connectivity index (χ3n) is 5.62. The standard InChI is InChI=1S/C24H24FN3O2/c1-2-28-16-20(14-26-28)24(30)27-12-6-9-19(15-27)23(29)18-10-11-21(22(25)13-18)17-7-4-3-5-8-17/h3-5,7-8,10-11,13-14,16,19H,2,6,9,12,15H2,1H3/t19-/m1/s1. The zero-order valence-electron chi connectivity index (χ0n) is 16.9. The van der Waals surface area contributed by atoms with E-state index in [-0.39, 0.29) is 17.6 Å². The highest BCUT2D eigenvalue weighted by Crippen LogP contribution is 2.27. The molecule has 1 atom stereocenters. The molecule has 0 aliphatic carbocycles. The lowest BCUT2D eigenvalue weighted by atomic mass is 9.89. The van der Waals surface area contributed by atoms with Gasteiger partial charge in [-0.05, 0) is 31.4 Å². The van der Waals surface area contributed by atoms with Crippen LogP contribution >= 0.6 is 0 Å².